The molecule has 9 nitrogen and oxygen atoms in total. The predicted octanol–water partition coefficient (Wildman–Crippen LogP) is -2.38. The van der Waals surface area contributed by atoms with Crippen LogP contribution < -0.4 is 16.5 Å². The van der Waals surface area contributed by atoms with Crippen LogP contribution in [0.1, 0.15) is 0 Å². The average molecular weight is 210 g/mol. The van der Waals surface area contributed by atoms with Crippen LogP contribution in [0.3, 0.4) is 0 Å². The highest BCUT2D eigenvalue weighted by Crippen LogP contribution is 1.61. The zero-order valence-corrected chi connectivity index (χ0v) is 7.30. The van der Waals surface area contributed by atoms with Crippen molar-refractivity contribution < 1.29 is 0 Å². The van der Waals surface area contributed by atoms with Crippen LogP contribution in [0.2, 0.25) is 0 Å². The lowest BCUT2D eigenvalue weighted by Gasteiger charge is -1.78. The highest BCUT2D eigenvalue weighted by Gasteiger charge is 1.93. The first-order chi connectivity index (χ1) is 7.22. The molecule has 15 heavy (non-hydrogen) atoms. The van der Waals surface area contributed by atoms with Crippen molar-refractivity contribution in [3.63, 3.8) is 0 Å². The second kappa shape index (κ2) is 5.21. The second-order valence-corrected chi connectivity index (χ2v) is 2.17. The van der Waals surface area contributed by atoms with Crippen LogP contribution in [-0.2, 0) is 0 Å². The van der Waals surface area contributed by atoms with Gasteiger partial charge in [-0.2, -0.15) is 0 Å². The molecule has 0 spiro atoms. The zero-order chi connectivity index (χ0) is 11.1. The Morgan fingerprint density at radius 3 is 1.73 bits per heavy atom. The van der Waals surface area contributed by atoms with E-state index in [9.17, 15) is 14.4 Å². The van der Waals surface area contributed by atoms with E-state index in [1.165, 1.54) is 0 Å². The van der Waals surface area contributed by atoms with Gasteiger partial charge in [0.2, 0.25) is 0 Å². The molecule has 0 radical (unpaired) electrons. The van der Waals surface area contributed by atoms with Crippen LogP contribution >= 0.6 is 0 Å². The van der Waals surface area contributed by atoms with Crippen molar-refractivity contribution in [1.82, 2.24) is 30.8 Å². The van der Waals surface area contributed by atoms with E-state index in [0.29, 0.717) is 0 Å². The number of rotatable bonds is 0. The first-order valence-corrected chi connectivity index (χ1v) is 3.70. The van der Waals surface area contributed by atoms with Gasteiger partial charge in [-0.15, -0.1) is 10.2 Å². The van der Waals surface area contributed by atoms with Gasteiger partial charge in [0, 0.05) is 0 Å². The topological polar surface area (TPSA) is 137 Å². The molecule has 9 heteroatoms. The molecule has 2 aromatic heterocycles. The van der Waals surface area contributed by atoms with Crippen molar-refractivity contribution in [3.8, 4) is 0 Å². The normalized spacial score (nSPS) is 8.80. The quantitative estimate of drug-likeness (QED) is 0.415. The maximum absolute atomic E-state index is 10.3. The van der Waals surface area contributed by atoms with E-state index in [1.807, 2.05) is 15.4 Å². The van der Waals surface area contributed by atoms with E-state index in [-0.39, 0.29) is 0 Å². The lowest BCUT2D eigenvalue weighted by Crippen LogP contribution is -2.42. The van der Waals surface area contributed by atoms with Crippen LogP contribution in [0.15, 0.2) is 32.8 Å². The fraction of sp³-hybridized carbons (Fsp3) is 0. The second-order valence-electron chi connectivity index (χ2n) is 2.17. The smallest absolute Gasteiger partial charge is 0.277 e. The molecule has 0 amide bonds. The van der Waals surface area contributed by atoms with E-state index in [2.05, 4.69) is 15.4 Å². The van der Waals surface area contributed by atoms with Crippen LogP contribution in [0, 0.1) is 0 Å². The number of nitrogens with one attached hydrogen (secondary N) is 3. The molecule has 0 aliphatic rings. The van der Waals surface area contributed by atoms with Crippen LogP contribution in [0.25, 0.3) is 0 Å². The van der Waals surface area contributed by atoms with E-state index >= 15 is 0 Å². The lowest BCUT2D eigenvalue weighted by atomic mass is 10.6. The molecule has 0 fully saturated rings. The van der Waals surface area contributed by atoms with Gasteiger partial charge in [0.25, 0.3) is 0 Å². The summed E-state index contributed by atoms with van der Waals surface area (Å²) in [4.78, 5) is 30.7. The number of nitrogens with zero attached hydrogens (tertiary/aromatic N) is 3. The highest BCUT2D eigenvalue weighted by molar-refractivity contribution is 4.77. The molecule has 0 bridgehead atoms. The Hall–Kier alpha value is -2.58. The Morgan fingerprint density at radius 1 is 0.933 bits per heavy atom. The largest absolute Gasteiger partial charge is 0.317 e. The van der Waals surface area contributed by atoms with Gasteiger partial charge in [-0.05, 0) is 11.3 Å². The predicted molar refractivity (Wildman–Crippen MR) is 48.1 cm³/mol. The summed E-state index contributed by atoms with van der Waals surface area (Å²) in [7, 11) is 0. The molecule has 0 unspecified atom stereocenters. The number of H-pyrrole nitrogens is 3. The molecule has 0 saturated heterocycles. The molecule has 0 aliphatic carbocycles. The SMILES string of the molecule is O=c1[nH][nH][nH]c(=O)c1=O.c1cnnnc1. The molecule has 78 valence electrons. The van der Waals surface area contributed by atoms with Crippen LogP contribution in [0.5, 0.6) is 0 Å². The van der Waals surface area contributed by atoms with Gasteiger partial charge in [-0.1, -0.05) is 0 Å². The van der Waals surface area contributed by atoms with Gasteiger partial charge in [-0.3, -0.25) is 14.4 Å². The molecule has 2 heterocycles. The van der Waals surface area contributed by atoms with Crippen LogP contribution in [-0.4, -0.2) is 30.8 Å². The van der Waals surface area contributed by atoms with Crippen molar-refractivity contribution >= 4 is 0 Å². The maximum atomic E-state index is 10.3. The third-order valence-electron chi connectivity index (χ3n) is 1.17. The van der Waals surface area contributed by atoms with E-state index in [0.717, 1.165) is 0 Å². The summed E-state index contributed by atoms with van der Waals surface area (Å²) in [5.41, 5.74) is -2.98. The summed E-state index contributed by atoms with van der Waals surface area (Å²) < 4.78 is 0. The fourth-order valence-electron chi connectivity index (χ4n) is 0.566. The van der Waals surface area contributed by atoms with Crippen molar-refractivity contribution in [3.05, 3.63) is 49.4 Å². The molecule has 0 aliphatic heterocycles. The van der Waals surface area contributed by atoms with Gasteiger partial charge in [0.05, 0.1) is 12.4 Å². The summed E-state index contributed by atoms with van der Waals surface area (Å²) >= 11 is 0. The third-order valence-corrected chi connectivity index (χ3v) is 1.17. The number of hydrogen-bond donors (Lipinski definition) is 3. The molecule has 2 aromatic rings. The van der Waals surface area contributed by atoms with E-state index in [4.69, 9.17) is 0 Å². The molecular formula is C6H6N6O3. The standard InChI is InChI=1S/C3H3N3O3.C3H3N3/c7-1-2(8)4-6-5-3(1)9;1-2-4-6-5-3-1/h(H,6,7)(H2,4,5,8,9);1-3H. The van der Waals surface area contributed by atoms with E-state index in [1.54, 1.807) is 18.5 Å². The molecule has 0 saturated carbocycles. The summed E-state index contributed by atoms with van der Waals surface area (Å²) in [6.07, 6.45) is 3.15. The van der Waals surface area contributed by atoms with Gasteiger partial charge in [0.15, 0.2) is 0 Å². The van der Waals surface area contributed by atoms with E-state index < -0.39 is 16.5 Å². The van der Waals surface area contributed by atoms with Gasteiger partial charge in [-0.25, -0.2) is 15.4 Å². The van der Waals surface area contributed by atoms with Crippen molar-refractivity contribution in [2.75, 3.05) is 0 Å². The van der Waals surface area contributed by atoms with Crippen molar-refractivity contribution in [1.29, 1.82) is 0 Å². The molecule has 3 N–H and O–H groups in total. The summed E-state index contributed by atoms with van der Waals surface area (Å²) in [6.45, 7) is 0. The van der Waals surface area contributed by atoms with Crippen molar-refractivity contribution in [2.24, 2.45) is 0 Å². The summed E-state index contributed by atoms with van der Waals surface area (Å²) in [5, 5.41) is 15.9. The Balaban J connectivity index is 0.000000162. The lowest BCUT2D eigenvalue weighted by molar-refractivity contribution is 0.803. The Kier molecular flexibility index (Phi) is 3.65. The monoisotopic (exact) mass is 210 g/mol. The molecular weight excluding hydrogens is 204 g/mol. The first kappa shape index (κ1) is 10.5. The van der Waals surface area contributed by atoms with Gasteiger partial charge < -0.3 is 0 Å². The molecule has 2 rings (SSSR count). The van der Waals surface area contributed by atoms with Gasteiger partial charge in [0.1, 0.15) is 0 Å². The Bertz CT molecular complexity index is 497. The summed E-state index contributed by atoms with van der Waals surface area (Å²) in [6, 6.07) is 1.72. The number of aromatic nitrogens is 6. The minimum Gasteiger partial charge on any atom is -0.277 e. The van der Waals surface area contributed by atoms with Gasteiger partial charge >= 0.3 is 16.5 Å². The van der Waals surface area contributed by atoms with Crippen LogP contribution in [0.4, 0.5) is 0 Å². The van der Waals surface area contributed by atoms with Crippen molar-refractivity contribution in [2.45, 2.75) is 0 Å². The molecule has 0 atom stereocenters. The first-order valence-electron chi connectivity index (χ1n) is 3.70. The Labute approximate surface area is 81.2 Å². The Morgan fingerprint density at radius 2 is 1.47 bits per heavy atom. The zero-order valence-electron chi connectivity index (χ0n) is 7.30. The third kappa shape index (κ3) is 3.34. The number of hydrogen-bond acceptors (Lipinski definition) is 6. The maximum Gasteiger partial charge on any atom is 0.317 e. The minimum atomic E-state index is -1.09. The highest BCUT2D eigenvalue weighted by atomic mass is 16.2. The number of aromatic amines is 3. The minimum absolute atomic E-state index is 0.946. The molecule has 0 aromatic carbocycles. The summed E-state index contributed by atoms with van der Waals surface area (Å²) in [5.74, 6) is 0. The fourth-order valence-corrected chi connectivity index (χ4v) is 0.566. The average Bonchev–Trinajstić information content (AvgIpc) is 2.29.